The molecule has 0 unspecified atom stereocenters. The lowest BCUT2D eigenvalue weighted by Crippen LogP contribution is -2.69. The molecule has 0 radical (unpaired) electrons. The van der Waals surface area contributed by atoms with Gasteiger partial charge in [-0.25, -0.2) is 4.39 Å². The number of fused-ring (bicyclic) bond motifs is 5. The fraction of sp³-hybridized carbons (Fsp3) is 0.741. The van der Waals surface area contributed by atoms with Crippen LogP contribution in [0.1, 0.15) is 65.7 Å². The van der Waals surface area contributed by atoms with Gasteiger partial charge in [-0.2, -0.15) is 0 Å². The molecule has 0 amide bonds. The number of unbranched alkanes of at least 4 members (excludes halogenated alkanes) is 1. The molecule has 0 bridgehead atoms. The van der Waals surface area contributed by atoms with Crippen molar-refractivity contribution in [3.63, 3.8) is 0 Å². The van der Waals surface area contributed by atoms with E-state index >= 15 is 4.39 Å². The number of aliphatic hydroxyl groups excluding tert-OH is 1. The summed E-state index contributed by atoms with van der Waals surface area (Å²) in [4.78, 5) is 37.4. The van der Waals surface area contributed by atoms with Crippen molar-refractivity contribution < 1.29 is 33.7 Å². The van der Waals surface area contributed by atoms with Gasteiger partial charge in [0.2, 0.25) is 5.78 Å². The summed E-state index contributed by atoms with van der Waals surface area (Å²) in [5.41, 5.74) is 0.0342. The maximum Gasteiger partial charge on any atom is 0.306 e. The third-order valence-electron chi connectivity index (χ3n) is 9.85. The Morgan fingerprint density at radius 1 is 1.25 bits per heavy atom. The van der Waals surface area contributed by atoms with Gasteiger partial charge in [0.25, 0.3) is 0 Å². The fourth-order valence-electron chi connectivity index (χ4n) is 7.88. The molecule has 4 aliphatic rings. The lowest BCUT2D eigenvalue weighted by molar-refractivity contribution is -0.220. The van der Waals surface area contributed by atoms with Crippen LogP contribution < -0.4 is 5.73 Å². The minimum Gasteiger partial charge on any atom is -0.458 e. The molecule has 0 spiro atoms. The zero-order chi connectivity index (χ0) is 25.8. The molecular formula is C27H39ClFNO6. The molecule has 7 nitrogen and oxygen atoms in total. The van der Waals surface area contributed by atoms with Crippen molar-refractivity contribution in [2.75, 3.05) is 13.2 Å². The third-order valence-corrected chi connectivity index (χ3v) is 9.85. The molecule has 0 saturated heterocycles. The molecule has 0 aliphatic heterocycles. The van der Waals surface area contributed by atoms with E-state index in [0.29, 0.717) is 44.2 Å². The predicted octanol–water partition coefficient (Wildman–Crippen LogP) is 3.00. The quantitative estimate of drug-likeness (QED) is 0.343. The van der Waals surface area contributed by atoms with Gasteiger partial charge in [-0.1, -0.05) is 25.5 Å². The summed E-state index contributed by atoms with van der Waals surface area (Å²) in [6.45, 7) is 5.18. The molecule has 202 valence electrons. The molecule has 0 aromatic heterocycles. The first-order chi connectivity index (χ1) is 16.4. The molecule has 9 heteroatoms. The summed E-state index contributed by atoms with van der Waals surface area (Å²) in [5, 5.41) is 23.2. The maximum absolute atomic E-state index is 17.1. The van der Waals surface area contributed by atoms with Crippen molar-refractivity contribution >= 4 is 29.9 Å². The van der Waals surface area contributed by atoms with Gasteiger partial charge in [0.1, 0.15) is 5.60 Å². The second-order valence-electron chi connectivity index (χ2n) is 11.5. The molecule has 8 atom stereocenters. The second-order valence-corrected chi connectivity index (χ2v) is 11.5. The predicted molar refractivity (Wildman–Crippen MR) is 134 cm³/mol. The lowest BCUT2D eigenvalue weighted by Gasteiger charge is -2.62. The normalized spacial score (nSPS) is 43.0. The van der Waals surface area contributed by atoms with Crippen LogP contribution in [-0.4, -0.2) is 58.3 Å². The number of carbonyl (C=O) groups excluding carboxylic acids is 3. The van der Waals surface area contributed by atoms with E-state index in [1.54, 1.807) is 26.8 Å². The maximum atomic E-state index is 17.1. The Bertz CT molecular complexity index is 985. The van der Waals surface area contributed by atoms with Crippen LogP contribution in [0.25, 0.3) is 0 Å². The van der Waals surface area contributed by atoms with Crippen molar-refractivity contribution in [2.45, 2.75) is 83.1 Å². The summed E-state index contributed by atoms with van der Waals surface area (Å²) < 4.78 is 22.3. The number of ether oxygens (including phenoxy) is 1. The first-order valence-corrected chi connectivity index (χ1v) is 12.8. The largest absolute Gasteiger partial charge is 0.458 e. The highest BCUT2D eigenvalue weighted by Crippen LogP contribution is 2.70. The minimum atomic E-state index is -2.03. The van der Waals surface area contributed by atoms with Crippen molar-refractivity contribution in [1.82, 2.24) is 0 Å². The number of alkyl halides is 1. The highest BCUT2D eigenvalue weighted by atomic mass is 35.5. The molecule has 0 aromatic carbocycles. The average Bonchev–Trinajstić information content (AvgIpc) is 3.00. The number of rotatable bonds is 7. The molecule has 4 N–H and O–H groups in total. The standard InChI is InChI=1S/C27H38FNO6.ClH/c1-16-12-20-19-8-7-17-13-18(30)9-10-24(17,2)26(19,28)21(31)14-25(20,3)27(16,34)22(32)15-35-23(33)6-4-5-11-29;/h9-10,13,16,19-21,31,34H,4-8,11-12,14-15,29H2,1-3H3;1H/t16-,19-,20-,21-,24-,25-,26-,27-;/m0./s1. The SMILES string of the molecule is C[C@H]1C[C@H]2[C@@H]3CCC4=CC(=O)C=C[C@]4(C)[C@@]3(F)[C@@H](O)C[C@]2(C)[C@@]1(O)C(=O)COC(=O)CCCCN.Cl. The van der Waals surface area contributed by atoms with E-state index in [1.165, 1.54) is 12.2 Å². The second kappa shape index (κ2) is 9.93. The Labute approximate surface area is 218 Å². The first kappa shape index (κ1) is 29.0. The van der Waals surface area contributed by atoms with Gasteiger partial charge in [-0.15, -0.1) is 12.4 Å². The van der Waals surface area contributed by atoms with E-state index in [0.717, 1.165) is 0 Å². The minimum absolute atomic E-state index is 0. The Balaban J connectivity index is 0.00000361. The summed E-state index contributed by atoms with van der Waals surface area (Å²) in [6.07, 6.45) is 5.63. The fourth-order valence-corrected chi connectivity index (χ4v) is 7.88. The Morgan fingerprint density at radius 2 is 1.94 bits per heavy atom. The van der Waals surface area contributed by atoms with Crippen LogP contribution in [0.15, 0.2) is 23.8 Å². The number of aliphatic hydroxyl groups is 2. The monoisotopic (exact) mass is 527 g/mol. The van der Waals surface area contributed by atoms with Crippen molar-refractivity contribution in [1.29, 1.82) is 0 Å². The number of allylic oxidation sites excluding steroid dienone is 4. The molecule has 0 aromatic rings. The molecule has 3 fully saturated rings. The van der Waals surface area contributed by atoms with E-state index in [4.69, 9.17) is 10.5 Å². The Hall–Kier alpha value is -1.61. The van der Waals surface area contributed by atoms with Gasteiger partial charge in [-0.05, 0) is 76.0 Å². The highest BCUT2D eigenvalue weighted by Gasteiger charge is 2.75. The number of esters is 1. The van der Waals surface area contributed by atoms with Gasteiger partial charge in [0, 0.05) is 23.2 Å². The molecule has 0 heterocycles. The van der Waals surface area contributed by atoms with E-state index in [9.17, 15) is 24.6 Å². The van der Waals surface area contributed by atoms with Gasteiger partial charge >= 0.3 is 5.97 Å². The summed E-state index contributed by atoms with van der Waals surface area (Å²) in [7, 11) is 0. The van der Waals surface area contributed by atoms with Crippen molar-refractivity contribution in [3.8, 4) is 0 Å². The van der Waals surface area contributed by atoms with Crippen LogP contribution in [0, 0.1) is 28.6 Å². The number of Topliss-reactive ketones (excluding diaryl/α,β-unsaturated/α-hetero) is 1. The van der Waals surface area contributed by atoms with Gasteiger partial charge in [0.15, 0.2) is 18.1 Å². The van der Waals surface area contributed by atoms with Crippen LogP contribution >= 0.6 is 12.4 Å². The number of ketones is 2. The summed E-state index contributed by atoms with van der Waals surface area (Å²) in [5.74, 6) is -2.76. The molecule has 4 rings (SSSR count). The van der Waals surface area contributed by atoms with Gasteiger partial charge < -0.3 is 20.7 Å². The zero-order valence-electron chi connectivity index (χ0n) is 21.3. The number of hydrogen-bond donors (Lipinski definition) is 3. The van der Waals surface area contributed by atoms with Crippen LogP contribution in [0.4, 0.5) is 4.39 Å². The van der Waals surface area contributed by atoms with Gasteiger partial charge in [-0.3, -0.25) is 14.4 Å². The van der Waals surface area contributed by atoms with E-state index in [2.05, 4.69) is 0 Å². The first-order valence-electron chi connectivity index (χ1n) is 12.8. The van der Waals surface area contributed by atoms with E-state index in [-0.39, 0.29) is 36.9 Å². The van der Waals surface area contributed by atoms with Crippen LogP contribution in [0.2, 0.25) is 0 Å². The average molecular weight is 528 g/mol. The van der Waals surface area contributed by atoms with Crippen LogP contribution in [0.3, 0.4) is 0 Å². The zero-order valence-corrected chi connectivity index (χ0v) is 22.1. The molecule has 4 aliphatic carbocycles. The van der Waals surface area contributed by atoms with Crippen molar-refractivity contribution in [2.24, 2.45) is 34.3 Å². The number of hydrogen-bond acceptors (Lipinski definition) is 7. The number of nitrogens with two attached hydrogens (primary N) is 1. The number of halogens is 2. The molecule has 3 saturated carbocycles. The highest BCUT2D eigenvalue weighted by molar-refractivity contribution is 6.01. The summed E-state index contributed by atoms with van der Waals surface area (Å²) >= 11 is 0. The van der Waals surface area contributed by atoms with E-state index < -0.39 is 58.4 Å². The van der Waals surface area contributed by atoms with Crippen LogP contribution in [0.5, 0.6) is 0 Å². The van der Waals surface area contributed by atoms with Gasteiger partial charge in [0.05, 0.1) is 6.10 Å². The Morgan fingerprint density at radius 3 is 2.61 bits per heavy atom. The lowest BCUT2D eigenvalue weighted by atomic mass is 9.44. The smallest absolute Gasteiger partial charge is 0.306 e. The molecular weight excluding hydrogens is 489 g/mol. The third kappa shape index (κ3) is 3.91. The summed E-state index contributed by atoms with van der Waals surface area (Å²) in [6, 6.07) is 0. The topological polar surface area (TPSA) is 127 Å². The Kier molecular flexibility index (Phi) is 7.99. The number of carbonyl (C=O) groups is 3. The molecule has 36 heavy (non-hydrogen) atoms. The van der Waals surface area contributed by atoms with Crippen LogP contribution in [-0.2, 0) is 19.1 Å². The van der Waals surface area contributed by atoms with Crippen molar-refractivity contribution in [3.05, 3.63) is 23.8 Å². The van der Waals surface area contributed by atoms with E-state index in [1.807, 2.05) is 0 Å².